The fourth-order valence-electron chi connectivity index (χ4n) is 2.71. The van der Waals surface area contributed by atoms with E-state index in [-0.39, 0.29) is 12.0 Å². The summed E-state index contributed by atoms with van der Waals surface area (Å²) in [7, 11) is 1.92. The van der Waals surface area contributed by atoms with E-state index in [1.807, 2.05) is 29.8 Å². The van der Waals surface area contributed by atoms with Crippen LogP contribution in [-0.2, 0) is 16.6 Å². The van der Waals surface area contributed by atoms with Crippen molar-refractivity contribution in [3.05, 3.63) is 29.8 Å². The van der Waals surface area contributed by atoms with Gasteiger partial charge in [0.25, 0.3) is 0 Å². The number of amides is 1. The molecule has 128 valence electrons. The average Bonchev–Trinajstić information content (AvgIpc) is 3.22. The summed E-state index contributed by atoms with van der Waals surface area (Å²) in [6.45, 7) is 3.44. The number of thioether (sulfide) groups is 1. The van der Waals surface area contributed by atoms with Gasteiger partial charge in [0.1, 0.15) is 0 Å². The van der Waals surface area contributed by atoms with Gasteiger partial charge < -0.3 is 14.6 Å². The molecular weight excluding hydrogens is 324 g/mol. The first-order valence-corrected chi connectivity index (χ1v) is 9.10. The molecule has 1 aromatic heterocycles. The molecule has 1 aromatic carbocycles. The molecule has 24 heavy (non-hydrogen) atoms. The van der Waals surface area contributed by atoms with E-state index in [0.29, 0.717) is 12.3 Å². The first-order chi connectivity index (χ1) is 11.6. The van der Waals surface area contributed by atoms with Crippen molar-refractivity contribution in [1.29, 1.82) is 0 Å². The smallest absolute Gasteiger partial charge is 0.230 e. The predicted molar refractivity (Wildman–Crippen MR) is 93.9 cm³/mol. The highest BCUT2D eigenvalue weighted by Crippen LogP contribution is 2.24. The molecule has 3 rings (SSSR count). The number of aromatic nitrogens is 3. The van der Waals surface area contributed by atoms with Crippen LogP contribution >= 0.6 is 11.8 Å². The van der Waals surface area contributed by atoms with Crippen LogP contribution in [0.5, 0.6) is 0 Å². The van der Waals surface area contributed by atoms with Crippen molar-refractivity contribution >= 4 is 17.7 Å². The number of nitrogens with zero attached hydrogens (tertiary/aromatic N) is 3. The molecule has 1 aliphatic heterocycles. The number of rotatable bonds is 6. The molecule has 2 heterocycles. The number of ether oxygens (including phenoxy) is 1. The van der Waals surface area contributed by atoms with Gasteiger partial charge in [0, 0.05) is 25.8 Å². The van der Waals surface area contributed by atoms with Crippen LogP contribution < -0.4 is 5.32 Å². The zero-order valence-electron chi connectivity index (χ0n) is 14.0. The largest absolute Gasteiger partial charge is 0.376 e. The quantitative estimate of drug-likeness (QED) is 0.812. The van der Waals surface area contributed by atoms with Gasteiger partial charge in [-0.05, 0) is 25.3 Å². The van der Waals surface area contributed by atoms with Crippen LogP contribution in [0.15, 0.2) is 29.4 Å². The van der Waals surface area contributed by atoms with Crippen molar-refractivity contribution in [2.24, 2.45) is 7.05 Å². The number of nitrogens with one attached hydrogen (secondary N) is 1. The van der Waals surface area contributed by atoms with Gasteiger partial charge in [-0.15, -0.1) is 10.2 Å². The third-order valence-corrected chi connectivity index (χ3v) is 5.12. The monoisotopic (exact) mass is 346 g/mol. The van der Waals surface area contributed by atoms with Gasteiger partial charge in [-0.1, -0.05) is 36.0 Å². The SMILES string of the molecule is Cc1ccccc1-c1nnc(SCC(=O)NC[C@H]2CCCO2)n1C. The average molecular weight is 346 g/mol. The summed E-state index contributed by atoms with van der Waals surface area (Å²) in [5.74, 6) is 1.14. The second-order valence-corrected chi connectivity index (χ2v) is 6.85. The zero-order chi connectivity index (χ0) is 16.9. The standard InChI is InChI=1S/C17H22N4O2S/c1-12-6-3-4-8-14(12)16-19-20-17(21(16)2)24-11-15(22)18-10-13-7-5-9-23-13/h3-4,6,8,13H,5,7,9-11H2,1-2H3,(H,18,22)/t13-/m1/s1. The van der Waals surface area contributed by atoms with Gasteiger partial charge in [-0.2, -0.15) is 0 Å². The Hall–Kier alpha value is -1.86. The van der Waals surface area contributed by atoms with Gasteiger partial charge >= 0.3 is 0 Å². The van der Waals surface area contributed by atoms with E-state index < -0.39 is 0 Å². The van der Waals surface area contributed by atoms with Crippen LogP contribution in [0.1, 0.15) is 18.4 Å². The number of hydrogen-bond acceptors (Lipinski definition) is 5. The Kier molecular flexibility index (Phi) is 5.52. The van der Waals surface area contributed by atoms with Crippen molar-refractivity contribution < 1.29 is 9.53 Å². The molecule has 0 radical (unpaired) electrons. The van der Waals surface area contributed by atoms with Crippen LogP contribution in [0, 0.1) is 6.92 Å². The van der Waals surface area contributed by atoms with E-state index in [1.54, 1.807) is 0 Å². The van der Waals surface area contributed by atoms with Gasteiger partial charge in [0.05, 0.1) is 11.9 Å². The van der Waals surface area contributed by atoms with Crippen LogP contribution in [0.2, 0.25) is 0 Å². The van der Waals surface area contributed by atoms with Crippen LogP contribution in [-0.4, -0.2) is 45.7 Å². The van der Waals surface area contributed by atoms with Crippen molar-refractivity contribution in [3.63, 3.8) is 0 Å². The third kappa shape index (κ3) is 3.96. The Morgan fingerprint density at radius 1 is 1.42 bits per heavy atom. The molecule has 1 saturated heterocycles. The molecule has 1 fully saturated rings. The second-order valence-electron chi connectivity index (χ2n) is 5.91. The summed E-state index contributed by atoms with van der Waals surface area (Å²) >= 11 is 1.40. The fourth-order valence-corrected chi connectivity index (χ4v) is 3.45. The summed E-state index contributed by atoms with van der Waals surface area (Å²) in [5.41, 5.74) is 2.21. The van der Waals surface area contributed by atoms with Gasteiger partial charge in [-0.25, -0.2) is 0 Å². The summed E-state index contributed by atoms with van der Waals surface area (Å²) in [5, 5.41) is 12.1. The summed E-state index contributed by atoms with van der Waals surface area (Å²) < 4.78 is 7.43. The predicted octanol–water partition coefficient (Wildman–Crippen LogP) is 2.18. The maximum absolute atomic E-state index is 12.0. The minimum atomic E-state index is -0.00376. The Balaban J connectivity index is 1.56. The second kappa shape index (κ2) is 7.81. The molecule has 0 bridgehead atoms. The van der Waals surface area contributed by atoms with E-state index in [1.165, 1.54) is 11.8 Å². The molecule has 1 atom stereocenters. The first-order valence-electron chi connectivity index (χ1n) is 8.11. The molecule has 0 spiro atoms. The van der Waals surface area contributed by atoms with Crippen LogP contribution in [0.4, 0.5) is 0 Å². The number of carbonyl (C=O) groups is 1. The molecule has 1 amide bonds. The number of hydrogen-bond donors (Lipinski definition) is 1. The van der Waals surface area contributed by atoms with Crippen molar-refractivity contribution in [2.45, 2.75) is 31.0 Å². The highest BCUT2D eigenvalue weighted by molar-refractivity contribution is 7.99. The lowest BCUT2D eigenvalue weighted by Crippen LogP contribution is -2.32. The van der Waals surface area contributed by atoms with Crippen molar-refractivity contribution in [2.75, 3.05) is 18.9 Å². The zero-order valence-corrected chi connectivity index (χ0v) is 14.8. The Bertz CT molecular complexity index is 710. The molecule has 0 saturated carbocycles. The van der Waals surface area contributed by atoms with E-state index in [4.69, 9.17) is 4.74 Å². The summed E-state index contributed by atoms with van der Waals surface area (Å²) in [6, 6.07) is 8.07. The lowest BCUT2D eigenvalue weighted by Gasteiger charge is -2.10. The molecule has 0 aliphatic carbocycles. The number of carbonyl (C=O) groups excluding carboxylic acids is 1. The lowest BCUT2D eigenvalue weighted by molar-refractivity contribution is -0.119. The molecule has 0 unspecified atom stereocenters. The molecule has 6 nitrogen and oxygen atoms in total. The van der Waals surface area contributed by atoms with Gasteiger partial charge in [0.15, 0.2) is 11.0 Å². The van der Waals surface area contributed by atoms with Gasteiger partial charge in [-0.3, -0.25) is 4.79 Å². The normalized spacial score (nSPS) is 17.2. The van der Waals surface area contributed by atoms with E-state index in [9.17, 15) is 4.79 Å². The summed E-state index contributed by atoms with van der Waals surface area (Å²) in [6.07, 6.45) is 2.27. The Morgan fingerprint density at radius 3 is 3.00 bits per heavy atom. The maximum atomic E-state index is 12.0. The van der Waals surface area contributed by atoms with Gasteiger partial charge in [0.2, 0.25) is 5.91 Å². The van der Waals surface area contributed by atoms with Crippen LogP contribution in [0.3, 0.4) is 0 Å². The topological polar surface area (TPSA) is 69.0 Å². The molecular formula is C17H22N4O2S. The minimum absolute atomic E-state index is 0.00376. The highest BCUT2D eigenvalue weighted by atomic mass is 32.2. The number of aryl methyl sites for hydroxylation is 1. The maximum Gasteiger partial charge on any atom is 0.230 e. The van der Waals surface area contributed by atoms with E-state index >= 15 is 0 Å². The summed E-state index contributed by atoms with van der Waals surface area (Å²) in [4.78, 5) is 12.0. The van der Waals surface area contributed by atoms with E-state index in [0.717, 1.165) is 41.6 Å². The molecule has 1 aliphatic rings. The van der Waals surface area contributed by atoms with Crippen LogP contribution in [0.25, 0.3) is 11.4 Å². The van der Waals surface area contributed by atoms with E-state index in [2.05, 4.69) is 28.5 Å². The molecule has 1 N–H and O–H groups in total. The molecule has 7 heteroatoms. The van der Waals surface area contributed by atoms with Crippen molar-refractivity contribution in [3.8, 4) is 11.4 Å². The lowest BCUT2D eigenvalue weighted by atomic mass is 10.1. The minimum Gasteiger partial charge on any atom is -0.376 e. The van der Waals surface area contributed by atoms with Crippen molar-refractivity contribution in [1.82, 2.24) is 20.1 Å². The third-order valence-electron chi connectivity index (χ3n) is 4.10. The molecule has 2 aromatic rings. The first kappa shape index (κ1) is 17.0. The highest BCUT2D eigenvalue weighted by Gasteiger charge is 2.17. The fraction of sp³-hybridized carbons (Fsp3) is 0.471. The Morgan fingerprint density at radius 2 is 2.25 bits per heavy atom. The Labute approximate surface area is 146 Å². The number of benzene rings is 1.